The molecule has 1 amide bonds. The number of carbonyl (C=O) groups is 2. The Morgan fingerprint density at radius 1 is 1.45 bits per heavy atom. The molecule has 1 heterocycles. The molecule has 9 nitrogen and oxygen atoms in total. The van der Waals surface area contributed by atoms with Gasteiger partial charge in [-0.25, -0.2) is 9.78 Å². The third-order valence-electron chi connectivity index (χ3n) is 2.26. The summed E-state index contributed by atoms with van der Waals surface area (Å²) in [4.78, 5) is 36.6. The molecule has 0 spiro atoms. The van der Waals surface area contributed by atoms with E-state index in [0.29, 0.717) is 6.54 Å². The summed E-state index contributed by atoms with van der Waals surface area (Å²) in [6.07, 6.45) is 0. The van der Waals surface area contributed by atoms with Gasteiger partial charge in [0.25, 0.3) is 0 Å². The van der Waals surface area contributed by atoms with E-state index in [1.165, 1.54) is 13.2 Å². The molecule has 1 rings (SSSR count). The molecule has 9 heteroatoms. The van der Waals surface area contributed by atoms with Gasteiger partial charge in [0.1, 0.15) is 0 Å². The molecule has 1 aromatic rings. The minimum atomic E-state index is -0.721. The van der Waals surface area contributed by atoms with E-state index < -0.39 is 10.9 Å². The summed E-state index contributed by atoms with van der Waals surface area (Å²) in [5.41, 5.74) is -0.418. The van der Waals surface area contributed by atoms with Crippen LogP contribution in [0.4, 0.5) is 11.5 Å². The second-order valence-corrected chi connectivity index (χ2v) is 3.62. The van der Waals surface area contributed by atoms with Crippen molar-refractivity contribution in [2.75, 3.05) is 25.5 Å². The van der Waals surface area contributed by atoms with Crippen molar-refractivity contribution in [1.82, 2.24) is 10.3 Å². The first kappa shape index (κ1) is 15.3. The minimum Gasteiger partial charge on any atom is -0.464 e. The molecule has 0 aliphatic rings. The molecular formula is C11H14N4O5. The zero-order valence-electron chi connectivity index (χ0n) is 11.0. The van der Waals surface area contributed by atoms with Crippen molar-refractivity contribution in [3.63, 3.8) is 0 Å². The third-order valence-corrected chi connectivity index (χ3v) is 2.26. The van der Waals surface area contributed by atoms with Gasteiger partial charge in [0.05, 0.1) is 18.6 Å². The molecule has 108 valence electrons. The number of esters is 1. The van der Waals surface area contributed by atoms with Crippen molar-refractivity contribution in [2.45, 2.75) is 6.92 Å². The van der Waals surface area contributed by atoms with Crippen LogP contribution >= 0.6 is 0 Å². The molecule has 0 unspecified atom stereocenters. The number of rotatable bonds is 6. The van der Waals surface area contributed by atoms with Crippen LogP contribution in [-0.4, -0.2) is 42.0 Å². The largest absolute Gasteiger partial charge is 0.464 e. The number of hydrogen-bond donors (Lipinski definition) is 2. The predicted octanol–water partition coefficient (Wildman–Crippen LogP) is 0.324. The number of amides is 1. The van der Waals surface area contributed by atoms with Gasteiger partial charge in [0, 0.05) is 12.6 Å². The summed E-state index contributed by atoms with van der Waals surface area (Å²) in [5, 5.41) is 15.9. The number of hydrogen-bond acceptors (Lipinski definition) is 7. The highest BCUT2D eigenvalue weighted by molar-refractivity contribution is 5.88. The Kier molecular flexibility index (Phi) is 5.39. The van der Waals surface area contributed by atoms with Crippen LogP contribution in [0.2, 0.25) is 0 Å². The topological polar surface area (TPSA) is 123 Å². The number of ether oxygens (including phenoxy) is 1. The molecule has 0 aromatic carbocycles. The van der Waals surface area contributed by atoms with Crippen LogP contribution in [0, 0.1) is 10.1 Å². The maximum absolute atomic E-state index is 11.3. The summed E-state index contributed by atoms with van der Waals surface area (Å²) < 4.78 is 4.48. The molecule has 0 aliphatic carbocycles. The number of carbonyl (C=O) groups excluding carboxylic acids is 2. The van der Waals surface area contributed by atoms with Gasteiger partial charge in [0.15, 0.2) is 5.69 Å². The van der Waals surface area contributed by atoms with Crippen molar-refractivity contribution in [2.24, 2.45) is 0 Å². The first-order valence-electron chi connectivity index (χ1n) is 5.74. The van der Waals surface area contributed by atoms with Crippen molar-refractivity contribution in [3.05, 3.63) is 27.9 Å². The fourth-order valence-corrected chi connectivity index (χ4v) is 1.37. The van der Waals surface area contributed by atoms with E-state index in [0.717, 1.165) is 6.07 Å². The molecule has 2 N–H and O–H groups in total. The third kappa shape index (κ3) is 3.90. The zero-order valence-corrected chi connectivity index (χ0v) is 11.0. The van der Waals surface area contributed by atoms with E-state index in [-0.39, 0.29) is 29.7 Å². The summed E-state index contributed by atoms with van der Waals surface area (Å²) in [6, 6.07) is 2.31. The first-order valence-corrected chi connectivity index (χ1v) is 5.74. The van der Waals surface area contributed by atoms with Crippen LogP contribution in [0.1, 0.15) is 17.4 Å². The zero-order chi connectivity index (χ0) is 15.1. The van der Waals surface area contributed by atoms with E-state index in [9.17, 15) is 19.7 Å². The van der Waals surface area contributed by atoms with Gasteiger partial charge in [0.2, 0.25) is 11.7 Å². The number of likely N-dealkylation sites (N-methyl/N-ethyl adjacent to an activating group) is 1. The molecule has 0 radical (unpaired) electrons. The highest BCUT2D eigenvalue weighted by atomic mass is 16.6. The SMILES string of the molecule is CCNC(=O)CNc1nc(C(=O)OC)ccc1[N+](=O)[O-]. The smallest absolute Gasteiger partial charge is 0.356 e. The number of pyridine rings is 1. The average molecular weight is 282 g/mol. The Balaban J connectivity index is 2.97. The maximum atomic E-state index is 11.3. The number of anilines is 1. The van der Waals surface area contributed by atoms with E-state index in [1.54, 1.807) is 6.92 Å². The fourth-order valence-electron chi connectivity index (χ4n) is 1.37. The number of aromatic nitrogens is 1. The molecule has 20 heavy (non-hydrogen) atoms. The standard InChI is InChI=1S/C11H14N4O5/c1-3-12-9(16)6-13-10-8(15(18)19)5-4-7(14-10)11(17)20-2/h4-5H,3,6H2,1-2H3,(H,12,16)(H,13,14). The average Bonchev–Trinajstić information content (AvgIpc) is 2.44. The van der Waals surface area contributed by atoms with E-state index >= 15 is 0 Å². The molecule has 0 saturated heterocycles. The molecular weight excluding hydrogens is 268 g/mol. The Hall–Kier alpha value is -2.71. The van der Waals surface area contributed by atoms with Gasteiger partial charge in [-0.15, -0.1) is 0 Å². The Morgan fingerprint density at radius 3 is 2.70 bits per heavy atom. The Labute approximate surface area is 114 Å². The molecule has 0 aliphatic heterocycles. The van der Waals surface area contributed by atoms with Gasteiger partial charge >= 0.3 is 11.7 Å². The van der Waals surface area contributed by atoms with Crippen LogP contribution in [-0.2, 0) is 9.53 Å². The van der Waals surface area contributed by atoms with Gasteiger partial charge in [-0.05, 0) is 13.0 Å². The normalized spacial score (nSPS) is 9.70. The first-order chi connectivity index (χ1) is 9.49. The number of nitrogens with zero attached hydrogens (tertiary/aromatic N) is 2. The Morgan fingerprint density at radius 2 is 2.15 bits per heavy atom. The maximum Gasteiger partial charge on any atom is 0.356 e. The monoisotopic (exact) mass is 282 g/mol. The molecule has 0 saturated carbocycles. The Bertz CT molecular complexity index is 532. The van der Waals surface area contributed by atoms with Crippen LogP contribution in [0.5, 0.6) is 0 Å². The van der Waals surface area contributed by atoms with Gasteiger partial charge in [-0.3, -0.25) is 14.9 Å². The number of nitrogens with one attached hydrogen (secondary N) is 2. The lowest BCUT2D eigenvalue weighted by molar-refractivity contribution is -0.384. The summed E-state index contributed by atoms with van der Waals surface area (Å²) in [5.74, 6) is -1.22. The molecule has 0 bridgehead atoms. The second kappa shape index (κ2) is 7.02. The van der Waals surface area contributed by atoms with Crippen LogP contribution in [0.3, 0.4) is 0 Å². The summed E-state index contributed by atoms with van der Waals surface area (Å²) >= 11 is 0. The molecule has 0 atom stereocenters. The quantitative estimate of drug-likeness (QED) is 0.437. The lowest BCUT2D eigenvalue weighted by Gasteiger charge is -2.07. The predicted molar refractivity (Wildman–Crippen MR) is 69.4 cm³/mol. The van der Waals surface area contributed by atoms with Gasteiger partial charge < -0.3 is 15.4 Å². The lowest BCUT2D eigenvalue weighted by atomic mass is 10.3. The van der Waals surface area contributed by atoms with E-state index in [1.807, 2.05) is 0 Å². The molecule has 1 aromatic heterocycles. The summed E-state index contributed by atoms with van der Waals surface area (Å²) in [6.45, 7) is 2.00. The van der Waals surface area contributed by atoms with E-state index in [4.69, 9.17) is 0 Å². The van der Waals surface area contributed by atoms with Gasteiger partial charge in [-0.1, -0.05) is 0 Å². The van der Waals surface area contributed by atoms with Crippen LogP contribution in [0.15, 0.2) is 12.1 Å². The second-order valence-electron chi connectivity index (χ2n) is 3.62. The lowest BCUT2D eigenvalue weighted by Crippen LogP contribution is -2.29. The highest BCUT2D eigenvalue weighted by Gasteiger charge is 2.19. The summed E-state index contributed by atoms with van der Waals surface area (Å²) in [7, 11) is 1.17. The van der Waals surface area contributed by atoms with Crippen molar-refractivity contribution in [3.8, 4) is 0 Å². The number of methoxy groups -OCH3 is 1. The minimum absolute atomic E-state index is 0.0866. The van der Waals surface area contributed by atoms with Crippen molar-refractivity contribution < 1.29 is 19.2 Å². The highest BCUT2D eigenvalue weighted by Crippen LogP contribution is 2.22. The van der Waals surface area contributed by atoms with Crippen LogP contribution in [0.25, 0.3) is 0 Å². The molecule has 0 fully saturated rings. The van der Waals surface area contributed by atoms with Crippen LogP contribution < -0.4 is 10.6 Å². The van der Waals surface area contributed by atoms with Crippen molar-refractivity contribution >= 4 is 23.4 Å². The van der Waals surface area contributed by atoms with E-state index in [2.05, 4.69) is 20.4 Å². The fraction of sp³-hybridized carbons (Fsp3) is 0.364. The van der Waals surface area contributed by atoms with Crippen molar-refractivity contribution in [1.29, 1.82) is 0 Å². The number of nitro groups is 1. The van der Waals surface area contributed by atoms with Gasteiger partial charge in [-0.2, -0.15) is 0 Å².